The van der Waals surface area contributed by atoms with Gasteiger partial charge in [-0.3, -0.25) is 4.90 Å². The Morgan fingerprint density at radius 1 is 1.34 bits per heavy atom. The van der Waals surface area contributed by atoms with Crippen molar-refractivity contribution in [2.45, 2.75) is 48.5 Å². The van der Waals surface area contributed by atoms with Crippen molar-refractivity contribution in [3.8, 4) is 17.7 Å². The van der Waals surface area contributed by atoms with E-state index in [0.29, 0.717) is 29.7 Å². The number of benzene rings is 1. The highest BCUT2D eigenvalue weighted by molar-refractivity contribution is 6.29. The number of halogens is 3. The Hall–Kier alpha value is -3.29. The molecule has 4 aliphatic rings. The van der Waals surface area contributed by atoms with E-state index in [9.17, 15) is 24.3 Å². The minimum Gasteiger partial charge on any atom is -0.481 e. The first-order valence-electron chi connectivity index (χ1n) is 13.5. The van der Waals surface area contributed by atoms with Crippen LogP contribution in [0.2, 0.25) is 5.15 Å². The van der Waals surface area contributed by atoms with Gasteiger partial charge in [-0.15, -0.1) is 0 Å². The van der Waals surface area contributed by atoms with E-state index in [-0.39, 0.29) is 35.3 Å². The van der Waals surface area contributed by atoms with E-state index >= 15 is 0 Å². The molecule has 3 fully saturated rings. The third kappa shape index (κ3) is 3.61. The Morgan fingerprint density at radius 2 is 2.05 bits per heavy atom. The number of hydrogen-bond donors (Lipinski definition) is 2. The number of fused-ring (bicyclic) bond motifs is 3. The summed E-state index contributed by atoms with van der Waals surface area (Å²) in [5.41, 5.74) is -3.54. The zero-order valence-electron chi connectivity index (χ0n) is 22.7. The molecule has 2 aliphatic carbocycles. The maximum atomic E-state index is 14.5. The number of aliphatic hydroxyl groups is 2. The molecule has 2 saturated carbocycles. The van der Waals surface area contributed by atoms with E-state index in [1.807, 2.05) is 19.1 Å². The molecule has 1 aromatic carbocycles. The number of aromatic nitrogens is 1. The Balaban J connectivity index is 1.58. The fourth-order valence-electron chi connectivity index (χ4n) is 7.33. The molecule has 2 aromatic rings. The number of aliphatic hydroxyl groups excluding tert-OH is 1. The standard InChI is InChI=1S/C31H30ClF2N3O4/c1-4-5-6-7-18(2)24-21(16-37-13-12-28(37)17-29(28,33)34)26(38)30(39)25-22(14-23(32)36-27(25)40-3)41-31(24,30)20-10-8-19(15-35)9-11-20/h4-11,14,21,24,26,38-39H,2,12-13,16-17H2,1,3H3/b5-4-,7-6-/t21-,24-,26-,28?,30+,31+/m1/s1. The van der Waals surface area contributed by atoms with Gasteiger partial charge in [-0.05, 0) is 36.6 Å². The van der Waals surface area contributed by atoms with E-state index in [1.54, 1.807) is 41.3 Å². The lowest BCUT2D eigenvalue weighted by molar-refractivity contribution is -0.156. The van der Waals surface area contributed by atoms with Gasteiger partial charge in [0.15, 0.2) is 11.2 Å². The summed E-state index contributed by atoms with van der Waals surface area (Å²) in [6.45, 7) is 6.73. The quantitative estimate of drug-likeness (QED) is 0.355. The molecule has 2 N–H and O–H groups in total. The summed E-state index contributed by atoms with van der Waals surface area (Å²) in [7, 11) is 1.37. The lowest BCUT2D eigenvalue weighted by Crippen LogP contribution is -2.56. The van der Waals surface area contributed by atoms with Crippen molar-refractivity contribution in [3.05, 3.63) is 88.6 Å². The van der Waals surface area contributed by atoms with Crippen molar-refractivity contribution >= 4 is 11.6 Å². The average molecular weight is 582 g/mol. The zero-order valence-corrected chi connectivity index (χ0v) is 23.4. The number of allylic oxidation sites excluding steroid dienone is 4. The van der Waals surface area contributed by atoms with Crippen molar-refractivity contribution < 1.29 is 28.5 Å². The first-order valence-corrected chi connectivity index (χ1v) is 13.8. The van der Waals surface area contributed by atoms with Crippen LogP contribution in [0.25, 0.3) is 0 Å². The molecule has 0 radical (unpaired) electrons. The molecule has 7 nitrogen and oxygen atoms in total. The third-order valence-electron chi connectivity index (χ3n) is 9.39. The fraction of sp³-hybridized carbons (Fsp3) is 0.419. The number of pyridine rings is 1. The molecule has 2 aliphatic heterocycles. The van der Waals surface area contributed by atoms with Gasteiger partial charge in [0.05, 0.1) is 35.9 Å². The molecule has 3 heterocycles. The molecule has 1 saturated heterocycles. The molecular formula is C31H30ClF2N3O4. The smallest absolute Gasteiger partial charge is 0.268 e. The van der Waals surface area contributed by atoms with Crippen LogP contribution in [0.1, 0.15) is 36.5 Å². The Kier molecular flexibility index (Phi) is 6.36. The Bertz CT molecular complexity index is 1520. The average Bonchev–Trinajstić information content (AvgIpc) is 3.40. The molecule has 41 heavy (non-hydrogen) atoms. The normalized spacial score (nSPS) is 34.7. The summed E-state index contributed by atoms with van der Waals surface area (Å²) in [5.74, 6) is -4.21. The number of ether oxygens (including phenoxy) is 2. The predicted molar refractivity (Wildman–Crippen MR) is 148 cm³/mol. The SMILES string of the molecule is C=C(/C=C\C=C/C)[C@@H]1[C@@H](CN2CCC23CC3(F)F)[C@@H](O)[C@@]2(O)c3c(cc(Cl)nc3OC)O[C@@]12c1ccc(C#N)cc1. The van der Waals surface area contributed by atoms with E-state index in [0.717, 1.165) is 0 Å². The predicted octanol–water partition coefficient (Wildman–Crippen LogP) is 4.87. The van der Waals surface area contributed by atoms with Gasteiger partial charge in [0, 0.05) is 37.4 Å². The van der Waals surface area contributed by atoms with Gasteiger partial charge < -0.3 is 19.7 Å². The summed E-state index contributed by atoms with van der Waals surface area (Å²) in [5, 5.41) is 34.5. The van der Waals surface area contributed by atoms with Crippen molar-refractivity contribution in [2.75, 3.05) is 20.2 Å². The van der Waals surface area contributed by atoms with Crippen molar-refractivity contribution in [2.24, 2.45) is 11.8 Å². The number of hydrogen-bond acceptors (Lipinski definition) is 7. The monoisotopic (exact) mass is 581 g/mol. The number of rotatable bonds is 7. The highest BCUT2D eigenvalue weighted by Crippen LogP contribution is 2.70. The summed E-state index contributed by atoms with van der Waals surface area (Å²) >= 11 is 6.28. The topological polar surface area (TPSA) is 98.8 Å². The molecule has 6 atom stereocenters. The van der Waals surface area contributed by atoms with E-state index < -0.39 is 40.6 Å². The molecule has 0 bridgehead atoms. The van der Waals surface area contributed by atoms with Gasteiger partial charge in [0.1, 0.15) is 10.9 Å². The van der Waals surface area contributed by atoms with E-state index in [1.165, 1.54) is 13.2 Å². The zero-order chi connectivity index (χ0) is 29.4. The summed E-state index contributed by atoms with van der Waals surface area (Å²) in [6, 6.07) is 10.1. The van der Waals surface area contributed by atoms with Gasteiger partial charge in [-0.25, -0.2) is 13.8 Å². The molecule has 214 valence electrons. The Morgan fingerprint density at radius 3 is 2.61 bits per heavy atom. The van der Waals surface area contributed by atoms with Crippen molar-refractivity contribution in [1.29, 1.82) is 5.26 Å². The van der Waals surface area contributed by atoms with Crippen LogP contribution in [0, 0.1) is 23.2 Å². The number of nitriles is 1. The lowest BCUT2D eigenvalue weighted by atomic mass is 9.70. The molecule has 1 unspecified atom stereocenters. The van der Waals surface area contributed by atoms with Gasteiger partial charge in [-0.1, -0.05) is 54.6 Å². The van der Waals surface area contributed by atoms with Crippen LogP contribution in [-0.4, -0.2) is 57.9 Å². The number of methoxy groups -OCH3 is 1. The fourth-order valence-corrected chi connectivity index (χ4v) is 7.51. The molecule has 10 heteroatoms. The second kappa shape index (κ2) is 9.36. The van der Waals surface area contributed by atoms with Crippen LogP contribution >= 0.6 is 11.6 Å². The second-order valence-corrected chi connectivity index (χ2v) is 11.7. The molecule has 1 spiro atoms. The van der Waals surface area contributed by atoms with Gasteiger partial charge in [0.25, 0.3) is 5.92 Å². The molecule has 1 aromatic heterocycles. The molecule has 0 amide bonds. The highest BCUT2D eigenvalue weighted by Gasteiger charge is 2.80. The number of likely N-dealkylation sites (tertiary alicyclic amines) is 1. The van der Waals surface area contributed by atoms with E-state index in [2.05, 4.69) is 17.6 Å². The van der Waals surface area contributed by atoms with Crippen LogP contribution in [0.15, 0.2) is 66.8 Å². The number of alkyl halides is 2. The highest BCUT2D eigenvalue weighted by atomic mass is 35.5. The lowest BCUT2D eigenvalue weighted by Gasteiger charge is -2.45. The van der Waals surface area contributed by atoms with Crippen LogP contribution in [0.4, 0.5) is 8.78 Å². The minimum absolute atomic E-state index is 0.0202. The largest absolute Gasteiger partial charge is 0.481 e. The van der Waals surface area contributed by atoms with Crippen molar-refractivity contribution in [3.63, 3.8) is 0 Å². The minimum atomic E-state index is -2.79. The molecule has 6 rings (SSSR count). The van der Waals surface area contributed by atoms with Gasteiger partial charge in [0.2, 0.25) is 5.88 Å². The van der Waals surface area contributed by atoms with Crippen LogP contribution in [0.3, 0.4) is 0 Å². The van der Waals surface area contributed by atoms with Gasteiger partial charge in [-0.2, -0.15) is 5.26 Å². The summed E-state index contributed by atoms with van der Waals surface area (Å²) in [4.78, 5) is 5.96. The van der Waals surface area contributed by atoms with Gasteiger partial charge >= 0.3 is 0 Å². The van der Waals surface area contributed by atoms with E-state index in [4.69, 9.17) is 21.1 Å². The number of nitrogens with zero attached hydrogens (tertiary/aromatic N) is 3. The third-order valence-corrected chi connectivity index (χ3v) is 9.58. The summed E-state index contributed by atoms with van der Waals surface area (Å²) < 4.78 is 41.2. The molecular weight excluding hydrogens is 552 g/mol. The maximum absolute atomic E-state index is 14.5. The second-order valence-electron chi connectivity index (χ2n) is 11.3. The first kappa shape index (κ1) is 27.9. The first-order chi connectivity index (χ1) is 19.5. The van der Waals surface area contributed by atoms with Crippen LogP contribution in [-0.2, 0) is 11.2 Å². The van der Waals surface area contributed by atoms with Crippen LogP contribution in [0.5, 0.6) is 11.6 Å². The van der Waals surface area contributed by atoms with Crippen LogP contribution < -0.4 is 9.47 Å². The van der Waals surface area contributed by atoms with Crippen molar-refractivity contribution in [1.82, 2.24) is 9.88 Å². The Labute approximate surface area is 242 Å². The summed E-state index contributed by atoms with van der Waals surface area (Å²) in [6.07, 6.45) is 5.87. The maximum Gasteiger partial charge on any atom is 0.268 e.